The summed E-state index contributed by atoms with van der Waals surface area (Å²) in [5.74, 6) is 0. The highest BCUT2D eigenvalue weighted by molar-refractivity contribution is 7.97. The van der Waals surface area contributed by atoms with Crippen molar-refractivity contribution >= 4 is 52.6 Å². The third-order valence-electron chi connectivity index (χ3n) is 4.76. The van der Waals surface area contributed by atoms with E-state index < -0.39 is 0 Å². The molecule has 0 atom stereocenters. The van der Waals surface area contributed by atoms with Gasteiger partial charge in [0.05, 0.1) is 12.2 Å². The molecule has 0 saturated carbocycles. The molecule has 0 aliphatic heterocycles. The second-order valence-corrected chi connectivity index (χ2v) is 9.54. The Morgan fingerprint density at radius 3 is 2.74 bits per heavy atom. The predicted molar refractivity (Wildman–Crippen MR) is 135 cm³/mol. The Bertz CT molecular complexity index is 1060. The van der Waals surface area contributed by atoms with Crippen molar-refractivity contribution in [2.24, 2.45) is 5.10 Å². The Balaban J connectivity index is 1.94. The summed E-state index contributed by atoms with van der Waals surface area (Å²) in [5, 5.41) is 7.23. The zero-order chi connectivity index (χ0) is 22.2. The van der Waals surface area contributed by atoms with E-state index in [9.17, 15) is 4.79 Å². The molecule has 1 N–H and O–H groups in total. The monoisotopic (exact) mass is 471 g/mol. The number of nitrogens with zero attached hydrogens (tertiary/aromatic N) is 2. The number of halogens is 1. The van der Waals surface area contributed by atoms with Crippen LogP contribution < -0.4 is 9.73 Å². The lowest BCUT2D eigenvalue weighted by Gasteiger charge is -2.22. The number of hydrogen-bond acceptors (Lipinski definition) is 6. The zero-order valence-electron chi connectivity index (χ0n) is 17.9. The van der Waals surface area contributed by atoms with Crippen LogP contribution in [0.4, 0.5) is 5.69 Å². The van der Waals surface area contributed by atoms with Crippen molar-refractivity contribution in [2.75, 3.05) is 12.1 Å². The molecule has 4 nitrogen and oxygen atoms in total. The molecule has 7 heteroatoms. The molecular weight excluding hydrogens is 446 g/mol. The summed E-state index contributed by atoms with van der Waals surface area (Å²) < 4.78 is 3.12. The third kappa shape index (κ3) is 6.20. The zero-order valence-corrected chi connectivity index (χ0v) is 20.3. The summed E-state index contributed by atoms with van der Waals surface area (Å²) >= 11 is 9.63. The SMILES string of the molecule is CC/C(C=O)=N\N(Cc1ccc(-c2cccc(SNC)c2)s1)c1cc(Cl)ccc1CC. The van der Waals surface area contributed by atoms with Gasteiger partial charge in [0.1, 0.15) is 5.71 Å². The first-order chi connectivity index (χ1) is 15.1. The van der Waals surface area contributed by atoms with Gasteiger partial charge in [-0.15, -0.1) is 11.3 Å². The number of hydrazone groups is 1. The summed E-state index contributed by atoms with van der Waals surface area (Å²) in [5.41, 5.74) is 3.77. The molecule has 0 saturated heterocycles. The van der Waals surface area contributed by atoms with Gasteiger partial charge in [-0.25, -0.2) is 0 Å². The van der Waals surface area contributed by atoms with Gasteiger partial charge >= 0.3 is 0 Å². The normalized spacial score (nSPS) is 11.5. The number of carbonyl (C=O) groups excluding carboxylic acids is 1. The number of thiophene rings is 1. The maximum atomic E-state index is 11.5. The van der Waals surface area contributed by atoms with Crippen molar-refractivity contribution < 1.29 is 4.79 Å². The number of aldehydes is 1. The maximum absolute atomic E-state index is 11.5. The second-order valence-electron chi connectivity index (χ2n) is 6.85. The fourth-order valence-electron chi connectivity index (χ4n) is 3.18. The van der Waals surface area contributed by atoms with E-state index in [2.05, 4.69) is 53.1 Å². The van der Waals surface area contributed by atoms with E-state index in [4.69, 9.17) is 11.6 Å². The van der Waals surface area contributed by atoms with E-state index in [1.165, 1.54) is 15.3 Å². The van der Waals surface area contributed by atoms with Gasteiger partial charge in [0.25, 0.3) is 0 Å². The third-order valence-corrected chi connectivity index (χ3v) is 6.81. The first-order valence-electron chi connectivity index (χ1n) is 10.2. The average molecular weight is 472 g/mol. The Morgan fingerprint density at radius 2 is 2.03 bits per heavy atom. The summed E-state index contributed by atoms with van der Waals surface area (Å²) in [6.07, 6.45) is 2.26. The molecule has 1 aromatic heterocycles. The number of anilines is 1. The van der Waals surface area contributed by atoms with Crippen LogP contribution in [0.25, 0.3) is 10.4 Å². The van der Waals surface area contributed by atoms with Gasteiger partial charge in [-0.1, -0.05) is 43.6 Å². The first-order valence-corrected chi connectivity index (χ1v) is 12.2. The first kappa shape index (κ1) is 23.5. The van der Waals surface area contributed by atoms with E-state index >= 15 is 0 Å². The van der Waals surface area contributed by atoms with Crippen LogP contribution in [-0.4, -0.2) is 19.0 Å². The molecule has 162 valence electrons. The van der Waals surface area contributed by atoms with E-state index in [0.29, 0.717) is 23.7 Å². The predicted octanol–water partition coefficient (Wildman–Crippen LogP) is 6.83. The summed E-state index contributed by atoms with van der Waals surface area (Å²) in [6.45, 7) is 4.61. The molecule has 3 rings (SSSR count). The molecule has 1 heterocycles. The standard InChI is InChI=1S/C24H26ClN3OS2/c1-4-17-9-10-19(25)14-23(17)28(27-20(5-2)16-29)15-22-11-12-24(30-22)18-7-6-8-21(13-18)31-26-3/h6-14,16,26H,4-5,15H2,1-3H3/b27-20+. The Kier molecular flexibility index (Phi) is 8.72. The van der Waals surface area contributed by atoms with E-state index in [0.717, 1.165) is 28.8 Å². The van der Waals surface area contributed by atoms with Gasteiger partial charge in [-0.05, 0) is 79.4 Å². The van der Waals surface area contributed by atoms with Crippen LogP contribution in [0.3, 0.4) is 0 Å². The highest BCUT2D eigenvalue weighted by Gasteiger charge is 2.14. The number of benzene rings is 2. The lowest BCUT2D eigenvalue weighted by Crippen LogP contribution is -2.20. The number of carbonyl (C=O) groups is 1. The minimum atomic E-state index is 0.510. The van der Waals surface area contributed by atoms with E-state index in [1.807, 2.05) is 37.2 Å². The van der Waals surface area contributed by atoms with Gasteiger partial charge in [-0.3, -0.25) is 14.5 Å². The number of nitrogens with one attached hydrogen (secondary N) is 1. The molecule has 0 aliphatic rings. The molecule has 3 aromatic rings. The number of aryl methyl sites for hydroxylation is 1. The van der Waals surface area contributed by atoms with Gasteiger partial charge in [0.2, 0.25) is 0 Å². The largest absolute Gasteiger partial charge is 0.296 e. The van der Waals surface area contributed by atoms with Gasteiger partial charge in [-0.2, -0.15) is 5.10 Å². The quantitative estimate of drug-likeness (QED) is 0.152. The van der Waals surface area contributed by atoms with E-state index in [-0.39, 0.29) is 0 Å². The van der Waals surface area contributed by atoms with Crippen molar-refractivity contribution in [2.45, 2.75) is 38.1 Å². The molecular formula is C24H26ClN3OS2. The maximum Gasteiger partial charge on any atom is 0.166 e. The van der Waals surface area contributed by atoms with E-state index in [1.54, 1.807) is 23.3 Å². The van der Waals surface area contributed by atoms with Crippen molar-refractivity contribution in [1.29, 1.82) is 0 Å². The van der Waals surface area contributed by atoms with Crippen LogP contribution in [0.2, 0.25) is 5.02 Å². The fourth-order valence-corrected chi connectivity index (χ4v) is 4.90. The van der Waals surface area contributed by atoms with Crippen molar-refractivity contribution in [3.05, 3.63) is 70.1 Å². The summed E-state index contributed by atoms with van der Waals surface area (Å²) in [7, 11) is 1.92. The molecule has 0 bridgehead atoms. The Morgan fingerprint density at radius 1 is 1.19 bits per heavy atom. The number of hydrogen-bond donors (Lipinski definition) is 1. The van der Waals surface area contributed by atoms with Crippen LogP contribution in [0, 0.1) is 0 Å². The van der Waals surface area contributed by atoms with Crippen molar-refractivity contribution in [3.8, 4) is 10.4 Å². The Hall–Kier alpha value is -2.12. The molecule has 0 aliphatic carbocycles. The molecule has 0 radical (unpaired) electrons. The fraction of sp³-hybridized carbons (Fsp3) is 0.250. The number of rotatable bonds is 10. The highest BCUT2D eigenvalue weighted by atomic mass is 35.5. The van der Waals surface area contributed by atoms with Crippen molar-refractivity contribution in [1.82, 2.24) is 4.72 Å². The molecule has 0 spiro atoms. The topological polar surface area (TPSA) is 44.7 Å². The van der Waals surface area contributed by atoms with Crippen LogP contribution >= 0.6 is 34.9 Å². The molecule has 0 amide bonds. The van der Waals surface area contributed by atoms with Crippen LogP contribution in [0.1, 0.15) is 30.7 Å². The second kappa shape index (κ2) is 11.5. The van der Waals surface area contributed by atoms with Crippen LogP contribution in [0.15, 0.2) is 64.6 Å². The highest BCUT2D eigenvalue weighted by Crippen LogP contribution is 2.33. The summed E-state index contributed by atoms with van der Waals surface area (Å²) in [6, 6.07) is 18.6. The van der Waals surface area contributed by atoms with Gasteiger partial charge in [0, 0.05) is 19.7 Å². The van der Waals surface area contributed by atoms with Gasteiger partial charge < -0.3 is 0 Å². The minimum Gasteiger partial charge on any atom is -0.296 e. The van der Waals surface area contributed by atoms with Crippen LogP contribution in [-0.2, 0) is 17.8 Å². The summed E-state index contributed by atoms with van der Waals surface area (Å²) in [4.78, 5) is 15.0. The minimum absolute atomic E-state index is 0.510. The molecule has 2 aromatic carbocycles. The molecule has 31 heavy (non-hydrogen) atoms. The smallest absolute Gasteiger partial charge is 0.166 e. The molecule has 0 fully saturated rings. The Labute approximate surface area is 197 Å². The van der Waals surface area contributed by atoms with Gasteiger partial charge in [0.15, 0.2) is 6.29 Å². The lowest BCUT2D eigenvalue weighted by atomic mass is 10.1. The van der Waals surface area contributed by atoms with Crippen molar-refractivity contribution in [3.63, 3.8) is 0 Å². The van der Waals surface area contributed by atoms with Crippen LogP contribution in [0.5, 0.6) is 0 Å². The lowest BCUT2D eigenvalue weighted by molar-refractivity contribution is -0.102. The molecule has 0 unspecified atom stereocenters. The average Bonchev–Trinajstić information content (AvgIpc) is 3.25.